The van der Waals surface area contributed by atoms with Gasteiger partial charge >= 0.3 is 0 Å². The van der Waals surface area contributed by atoms with Crippen molar-refractivity contribution in [3.8, 4) is 11.3 Å². The van der Waals surface area contributed by atoms with Crippen LogP contribution in [0.1, 0.15) is 47.3 Å². The Balaban J connectivity index is 1.52. The van der Waals surface area contributed by atoms with Crippen molar-refractivity contribution in [3.63, 3.8) is 0 Å². The fourth-order valence-corrected chi connectivity index (χ4v) is 3.81. The van der Waals surface area contributed by atoms with E-state index in [0.717, 1.165) is 17.7 Å². The number of halogens is 1. The molecule has 136 valence electrons. The Hall–Kier alpha value is -2.72. The van der Waals surface area contributed by atoms with Crippen LogP contribution in [0, 0.1) is 0 Å². The Kier molecular flexibility index (Phi) is 4.90. The number of nitrogens with one attached hydrogen (secondary N) is 1. The second-order valence-electron chi connectivity index (χ2n) is 6.93. The summed E-state index contributed by atoms with van der Waals surface area (Å²) in [7, 11) is 0. The summed E-state index contributed by atoms with van der Waals surface area (Å²) in [6.45, 7) is 2.24. The van der Waals surface area contributed by atoms with Gasteiger partial charge in [0.1, 0.15) is 5.69 Å². The summed E-state index contributed by atoms with van der Waals surface area (Å²) in [4.78, 5) is 21.1. The van der Waals surface area contributed by atoms with E-state index in [2.05, 4.69) is 34.3 Å². The van der Waals surface area contributed by atoms with E-state index in [1.165, 1.54) is 24.0 Å². The summed E-state index contributed by atoms with van der Waals surface area (Å²) in [6, 6.07) is 13.2. The molecule has 1 amide bonds. The molecule has 0 radical (unpaired) electrons. The molecule has 4 nitrogen and oxygen atoms in total. The molecule has 2 heterocycles. The average molecular weight is 378 g/mol. The van der Waals surface area contributed by atoms with Gasteiger partial charge in [0.15, 0.2) is 0 Å². The van der Waals surface area contributed by atoms with Gasteiger partial charge in [0.25, 0.3) is 5.91 Å². The van der Waals surface area contributed by atoms with Crippen molar-refractivity contribution >= 4 is 23.2 Å². The van der Waals surface area contributed by atoms with Crippen LogP contribution < -0.4 is 5.32 Å². The van der Waals surface area contributed by atoms with Crippen molar-refractivity contribution in [2.45, 2.75) is 32.1 Å². The number of rotatable bonds is 3. The topological polar surface area (TPSA) is 54.9 Å². The van der Waals surface area contributed by atoms with Crippen LogP contribution in [0.15, 0.2) is 54.9 Å². The first-order chi connectivity index (χ1) is 13.1. The second kappa shape index (κ2) is 7.49. The fourth-order valence-electron chi connectivity index (χ4n) is 3.57. The van der Waals surface area contributed by atoms with Crippen LogP contribution in [0.2, 0.25) is 5.02 Å². The molecule has 0 saturated heterocycles. The summed E-state index contributed by atoms with van der Waals surface area (Å²) in [6.07, 6.45) is 6.85. The Morgan fingerprint density at radius 1 is 1.19 bits per heavy atom. The van der Waals surface area contributed by atoms with Crippen molar-refractivity contribution in [1.82, 2.24) is 9.97 Å². The molecule has 3 aromatic rings. The predicted octanol–water partition coefficient (Wildman–Crippen LogP) is 5.49. The molecule has 0 saturated carbocycles. The maximum atomic E-state index is 12.6. The highest BCUT2D eigenvalue weighted by atomic mass is 35.5. The van der Waals surface area contributed by atoms with Gasteiger partial charge in [0, 0.05) is 23.6 Å². The maximum absolute atomic E-state index is 12.6. The van der Waals surface area contributed by atoms with Crippen LogP contribution in [0.25, 0.3) is 11.3 Å². The third-order valence-corrected chi connectivity index (χ3v) is 5.35. The van der Waals surface area contributed by atoms with Gasteiger partial charge in [-0.2, -0.15) is 0 Å². The molecule has 0 fully saturated rings. The summed E-state index contributed by atoms with van der Waals surface area (Å²) < 4.78 is 0. The third kappa shape index (κ3) is 3.71. The Morgan fingerprint density at radius 3 is 2.85 bits per heavy atom. The minimum Gasteiger partial charge on any atom is -0.321 e. The molecule has 0 bridgehead atoms. The molecule has 1 atom stereocenters. The lowest BCUT2D eigenvalue weighted by atomic mass is 9.84. The van der Waals surface area contributed by atoms with Crippen molar-refractivity contribution < 1.29 is 4.79 Å². The molecule has 27 heavy (non-hydrogen) atoms. The first kappa shape index (κ1) is 17.7. The number of hydrogen-bond acceptors (Lipinski definition) is 3. The molecule has 1 aliphatic carbocycles. The van der Waals surface area contributed by atoms with Crippen molar-refractivity contribution in [3.05, 3.63) is 76.7 Å². The Labute approximate surface area is 163 Å². The van der Waals surface area contributed by atoms with E-state index in [-0.39, 0.29) is 5.91 Å². The van der Waals surface area contributed by atoms with Gasteiger partial charge in [0.2, 0.25) is 0 Å². The zero-order chi connectivity index (χ0) is 18.8. The fraction of sp³-hybridized carbons (Fsp3) is 0.227. The van der Waals surface area contributed by atoms with Crippen LogP contribution in [-0.4, -0.2) is 15.9 Å². The molecule has 5 heteroatoms. The first-order valence-corrected chi connectivity index (χ1v) is 9.51. The minimum absolute atomic E-state index is 0.225. The molecular weight excluding hydrogens is 358 g/mol. The minimum atomic E-state index is -0.225. The number of pyridine rings is 2. The third-order valence-electron chi connectivity index (χ3n) is 5.05. The van der Waals surface area contributed by atoms with Crippen LogP contribution >= 0.6 is 11.6 Å². The van der Waals surface area contributed by atoms with Crippen molar-refractivity contribution in [2.75, 3.05) is 5.32 Å². The molecule has 1 unspecified atom stereocenters. The quantitative estimate of drug-likeness (QED) is 0.656. The van der Waals surface area contributed by atoms with Crippen molar-refractivity contribution in [2.24, 2.45) is 0 Å². The SMILES string of the molecule is CC1CCCc2ccc(NC(=O)c3ccc(-c4ncccc4Cl)cn3)cc21. The Bertz CT molecular complexity index is 985. The van der Waals surface area contributed by atoms with E-state index in [4.69, 9.17) is 11.6 Å². The van der Waals surface area contributed by atoms with Gasteiger partial charge in [-0.15, -0.1) is 0 Å². The number of carbonyl (C=O) groups is 1. The molecule has 0 aliphatic heterocycles. The zero-order valence-electron chi connectivity index (χ0n) is 15.1. The highest BCUT2D eigenvalue weighted by molar-refractivity contribution is 6.33. The van der Waals surface area contributed by atoms with Crippen LogP contribution in [0.4, 0.5) is 5.69 Å². The van der Waals surface area contributed by atoms with Gasteiger partial charge in [-0.05, 0) is 72.7 Å². The van der Waals surface area contributed by atoms with Crippen LogP contribution in [0.3, 0.4) is 0 Å². The van der Waals surface area contributed by atoms with Gasteiger partial charge in [-0.1, -0.05) is 24.6 Å². The van der Waals surface area contributed by atoms with Crippen LogP contribution in [0.5, 0.6) is 0 Å². The summed E-state index contributed by atoms with van der Waals surface area (Å²) in [5.41, 5.74) is 5.33. The standard InChI is InChI=1S/C22H20ClN3O/c1-14-4-2-5-15-7-9-17(12-18(14)15)26-22(27)20-10-8-16(13-25-20)21-19(23)6-3-11-24-21/h3,6-14H,2,4-5H2,1H3,(H,26,27). The Morgan fingerprint density at radius 2 is 2.07 bits per heavy atom. The lowest BCUT2D eigenvalue weighted by Gasteiger charge is -2.23. The average Bonchev–Trinajstić information content (AvgIpc) is 2.69. The predicted molar refractivity (Wildman–Crippen MR) is 108 cm³/mol. The number of benzene rings is 1. The van der Waals surface area contributed by atoms with Gasteiger partial charge < -0.3 is 5.32 Å². The van der Waals surface area contributed by atoms with Crippen molar-refractivity contribution in [1.29, 1.82) is 0 Å². The monoisotopic (exact) mass is 377 g/mol. The van der Waals surface area contributed by atoms with E-state index in [1.54, 1.807) is 30.6 Å². The molecule has 1 N–H and O–H groups in total. The largest absolute Gasteiger partial charge is 0.321 e. The molecular formula is C22H20ClN3O. The van der Waals surface area contributed by atoms with Crippen LogP contribution in [-0.2, 0) is 6.42 Å². The molecule has 1 aliphatic rings. The normalized spacial score (nSPS) is 15.9. The highest BCUT2D eigenvalue weighted by Crippen LogP contribution is 2.33. The highest BCUT2D eigenvalue weighted by Gasteiger charge is 2.17. The number of hydrogen-bond donors (Lipinski definition) is 1. The molecule has 0 spiro atoms. The number of nitrogens with zero attached hydrogens (tertiary/aromatic N) is 2. The number of aromatic nitrogens is 2. The lowest BCUT2D eigenvalue weighted by Crippen LogP contribution is -2.15. The second-order valence-corrected chi connectivity index (χ2v) is 7.33. The first-order valence-electron chi connectivity index (χ1n) is 9.13. The number of fused-ring (bicyclic) bond motifs is 1. The number of amides is 1. The summed E-state index contributed by atoms with van der Waals surface area (Å²) >= 11 is 6.17. The molecule has 4 rings (SSSR count). The lowest BCUT2D eigenvalue weighted by molar-refractivity contribution is 0.102. The smallest absolute Gasteiger partial charge is 0.274 e. The van der Waals surface area contributed by atoms with E-state index >= 15 is 0 Å². The number of anilines is 1. The molecule has 1 aromatic carbocycles. The molecule has 2 aromatic heterocycles. The van der Waals surface area contributed by atoms with E-state index in [9.17, 15) is 4.79 Å². The summed E-state index contributed by atoms with van der Waals surface area (Å²) in [5, 5.41) is 3.51. The van der Waals surface area contributed by atoms with Gasteiger partial charge in [-0.25, -0.2) is 0 Å². The summed E-state index contributed by atoms with van der Waals surface area (Å²) in [5.74, 6) is 0.309. The van der Waals surface area contributed by atoms with E-state index in [1.807, 2.05) is 12.1 Å². The van der Waals surface area contributed by atoms with Gasteiger partial charge in [-0.3, -0.25) is 14.8 Å². The maximum Gasteiger partial charge on any atom is 0.274 e. The zero-order valence-corrected chi connectivity index (χ0v) is 15.8. The van der Waals surface area contributed by atoms with E-state index < -0.39 is 0 Å². The number of aryl methyl sites for hydroxylation is 1. The number of carbonyl (C=O) groups excluding carboxylic acids is 1. The van der Waals surface area contributed by atoms with E-state index in [0.29, 0.717) is 22.3 Å². The van der Waals surface area contributed by atoms with Gasteiger partial charge in [0.05, 0.1) is 10.7 Å².